The summed E-state index contributed by atoms with van der Waals surface area (Å²) in [6.45, 7) is 2.64. The molecule has 0 spiro atoms. The summed E-state index contributed by atoms with van der Waals surface area (Å²) in [6, 6.07) is 10.1. The first-order chi connectivity index (χ1) is 10.1. The molecule has 110 valence electrons. The first-order valence-corrected chi connectivity index (χ1v) is 7.30. The van der Waals surface area contributed by atoms with Crippen LogP contribution >= 0.6 is 23.2 Å². The van der Waals surface area contributed by atoms with Crippen LogP contribution < -0.4 is 4.74 Å². The summed E-state index contributed by atoms with van der Waals surface area (Å²) in [5.41, 5.74) is 1.22. The van der Waals surface area contributed by atoms with Crippen LogP contribution in [0.15, 0.2) is 41.4 Å². The summed E-state index contributed by atoms with van der Waals surface area (Å²) in [5.74, 6) is 0.748. The van der Waals surface area contributed by atoms with Crippen molar-refractivity contribution in [2.75, 3.05) is 6.61 Å². The third-order valence-electron chi connectivity index (χ3n) is 2.67. The second-order valence-corrected chi connectivity index (χ2v) is 5.33. The molecule has 0 amide bonds. The fourth-order valence-electron chi connectivity index (χ4n) is 1.70. The van der Waals surface area contributed by atoms with Gasteiger partial charge in [-0.25, -0.2) is 0 Å². The number of aliphatic imine (C=N–C) groups is 1. The van der Waals surface area contributed by atoms with Crippen LogP contribution in [0.1, 0.15) is 18.9 Å². The number of halogens is 2. The van der Waals surface area contributed by atoms with Crippen LogP contribution in [0.25, 0.3) is 0 Å². The fraction of sp³-hybridized carbons (Fsp3) is 0.188. The van der Waals surface area contributed by atoms with Gasteiger partial charge in [0.1, 0.15) is 11.5 Å². The maximum absolute atomic E-state index is 9.95. The maximum Gasteiger partial charge on any atom is 0.128 e. The average molecular weight is 324 g/mol. The summed E-state index contributed by atoms with van der Waals surface area (Å²) >= 11 is 11.8. The van der Waals surface area contributed by atoms with E-state index >= 15 is 0 Å². The van der Waals surface area contributed by atoms with E-state index in [1.807, 2.05) is 6.92 Å². The molecule has 0 atom stereocenters. The van der Waals surface area contributed by atoms with Gasteiger partial charge in [0.2, 0.25) is 0 Å². The molecule has 21 heavy (non-hydrogen) atoms. The van der Waals surface area contributed by atoms with Gasteiger partial charge in [-0.15, -0.1) is 0 Å². The van der Waals surface area contributed by atoms with Gasteiger partial charge in [0.05, 0.1) is 12.3 Å². The SMILES string of the molecule is CCCOc1ccc(C=Nc2cc(Cl)cc(Cl)c2)c(O)c1. The smallest absolute Gasteiger partial charge is 0.128 e. The van der Waals surface area contributed by atoms with Crippen LogP contribution in [0.2, 0.25) is 10.0 Å². The Morgan fingerprint density at radius 3 is 2.48 bits per heavy atom. The quantitative estimate of drug-likeness (QED) is 0.764. The Balaban J connectivity index is 2.17. The van der Waals surface area contributed by atoms with E-state index in [2.05, 4.69) is 4.99 Å². The largest absolute Gasteiger partial charge is 0.507 e. The van der Waals surface area contributed by atoms with Gasteiger partial charge >= 0.3 is 0 Å². The van der Waals surface area contributed by atoms with Crippen molar-refractivity contribution in [1.29, 1.82) is 0 Å². The van der Waals surface area contributed by atoms with Crippen molar-refractivity contribution < 1.29 is 9.84 Å². The summed E-state index contributed by atoms with van der Waals surface area (Å²) in [5, 5.41) is 11.0. The molecule has 0 fully saturated rings. The van der Waals surface area contributed by atoms with E-state index < -0.39 is 0 Å². The topological polar surface area (TPSA) is 41.8 Å². The highest BCUT2D eigenvalue weighted by atomic mass is 35.5. The highest BCUT2D eigenvalue weighted by Crippen LogP contribution is 2.26. The Labute approximate surface area is 133 Å². The molecule has 5 heteroatoms. The van der Waals surface area contributed by atoms with E-state index in [1.54, 1.807) is 42.6 Å². The molecule has 0 radical (unpaired) electrons. The normalized spacial score (nSPS) is 11.0. The van der Waals surface area contributed by atoms with Gasteiger partial charge in [-0.3, -0.25) is 4.99 Å². The second kappa shape index (κ2) is 7.34. The van der Waals surface area contributed by atoms with Gasteiger partial charge in [0, 0.05) is 27.9 Å². The van der Waals surface area contributed by atoms with Crippen LogP contribution in [0.4, 0.5) is 5.69 Å². The van der Waals surface area contributed by atoms with Crippen LogP contribution in [-0.2, 0) is 0 Å². The number of hydrogen-bond acceptors (Lipinski definition) is 3. The van der Waals surface area contributed by atoms with Crippen molar-refractivity contribution in [3.63, 3.8) is 0 Å². The number of aromatic hydroxyl groups is 1. The Hall–Kier alpha value is -1.71. The molecule has 0 bridgehead atoms. The third-order valence-corrected chi connectivity index (χ3v) is 3.11. The van der Waals surface area contributed by atoms with Crippen molar-refractivity contribution in [3.8, 4) is 11.5 Å². The first kappa shape index (κ1) is 15.7. The third kappa shape index (κ3) is 4.66. The molecule has 0 saturated carbocycles. The molecule has 2 aromatic rings. The molecule has 0 saturated heterocycles. The number of phenolic OH excluding ortho intramolecular Hbond substituents is 1. The number of phenols is 1. The standard InChI is InChI=1S/C16H15Cl2NO2/c1-2-5-21-15-4-3-11(16(20)9-15)10-19-14-7-12(17)6-13(18)8-14/h3-4,6-10,20H,2,5H2,1H3. The van der Waals surface area contributed by atoms with E-state index in [9.17, 15) is 5.11 Å². The minimum Gasteiger partial charge on any atom is -0.507 e. The van der Waals surface area contributed by atoms with Gasteiger partial charge in [-0.1, -0.05) is 30.1 Å². The van der Waals surface area contributed by atoms with Crippen molar-refractivity contribution in [3.05, 3.63) is 52.0 Å². The van der Waals surface area contributed by atoms with Gasteiger partial charge in [0.25, 0.3) is 0 Å². The fourth-order valence-corrected chi connectivity index (χ4v) is 2.21. The first-order valence-electron chi connectivity index (χ1n) is 6.54. The molecule has 1 N–H and O–H groups in total. The molecule has 0 aliphatic rings. The molecule has 0 aliphatic carbocycles. The van der Waals surface area contributed by atoms with Crippen LogP contribution in [0.3, 0.4) is 0 Å². The molecule has 2 aromatic carbocycles. The van der Waals surface area contributed by atoms with Crippen molar-refractivity contribution in [1.82, 2.24) is 0 Å². The Kier molecular flexibility index (Phi) is 5.48. The minimum atomic E-state index is 0.112. The molecule has 0 aromatic heterocycles. The van der Waals surface area contributed by atoms with Crippen molar-refractivity contribution in [2.45, 2.75) is 13.3 Å². The number of hydrogen-bond donors (Lipinski definition) is 1. The van der Waals surface area contributed by atoms with Gasteiger partial charge in [-0.05, 0) is 36.8 Å². The molecule has 2 rings (SSSR count). The van der Waals surface area contributed by atoms with Crippen LogP contribution in [0, 0.1) is 0 Å². The van der Waals surface area contributed by atoms with Gasteiger partial charge in [-0.2, -0.15) is 0 Å². The van der Waals surface area contributed by atoms with E-state index in [0.29, 0.717) is 33.7 Å². The Bertz CT molecular complexity index is 636. The van der Waals surface area contributed by atoms with Crippen molar-refractivity contribution in [2.24, 2.45) is 4.99 Å². The molecule has 0 unspecified atom stereocenters. The van der Waals surface area contributed by atoms with Crippen LogP contribution in [-0.4, -0.2) is 17.9 Å². The highest BCUT2D eigenvalue weighted by molar-refractivity contribution is 6.35. The lowest BCUT2D eigenvalue weighted by atomic mass is 10.2. The summed E-state index contributed by atoms with van der Waals surface area (Å²) < 4.78 is 5.45. The zero-order chi connectivity index (χ0) is 15.2. The lowest BCUT2D eigenvalue weighted by Crippen LogP contribution is -1.95. The number of nitrogens with zero attached hydrogens (tertiary/aromatic N) is 1. The summed E-state index contributed by atoms with van der Waals surface area (Å²) in [7, 11) is 0. The summed E-state index contributed by atoms with van der Waals surface area (Å²) in [4.78, 5) is 4.26. The van der Waals surface area contributed by atoms with E-state index in [0.717, 1.165) is 6.42 Å². The predicted molar refractivity (Wildman–Crippen MR) is 87.6 cm³/mol. The highest BCUT2D eigenvalue weighted by Gasteiger charge is 2.02. The number of rotatable bonds is 5. The summed E-state index contributed by atoms with van der Waals surface area (Å²) in [6.07, 6.45) is 2.47. The van der Waals surface area contributed by atoms with Crippen LogP contribution in [0.5, 0.6) is 11.5 Å². The lowest BCUT2D eigenvalue weighted by Gasteiger charge is -2.06. The molecular weight excluding hydrogens is 309 g/mol. The lowest BCUT2D eigenvalue weighted by molar-refractivity contribution is 0.315. The molecule has 0 heterocycles. The monoisotopic (exact) mass is 323 g/mol. The average Bonchev–Trinajstić information content (AvgIpc) is 2.43. The Morgan fingerprint density at radius 1 is 1.14 bits per heavy atom. The van der Waals surface area contributed by atoms with Gasteiger partial charge in [0.15, 0.2) is 0 Å². The Morgan fingerprint density at radius 2 is 1.86 bits per heavy atom. The molecular formula is C16H15Cl2NO2. The van der Waals surface area contributed by atoms with Gasteiger partial charge < -0.3 is 9.84 Å². The molecule has 3 nitrogen and oxygen atoms in total. The number of ether oxygens (including phenoxy) is 1. The maximum atomic E-state index is 9.95. The zero-order valence-corrected chi connectivity index (χ0v) is 13.0. The zero-order valence-electron chi connectivity index (χ0n) is 11.5. The molecule has 0 aliphatic heterocycles. The number of benzene rings is 2. The van der Waals surface area contributed by atoms with E-state index in [1.165, 1.54) is 0 Å². The van der Waals surface area contributed by atoms with E-state index in [4.69, 9.17) is 27.9 Å². The van der Waals surface area contributed by atoms with E-state index in [-0.39, 0.29) is 5.75 Å². The van der Waals surface area contributed by atoms with Crippen molar-refractivity contribution >= 4 is 35.1 Å². The second-order valence-electron chi connectivity index (χ2n) is 4.45. The minimum absolute atomic E-state index is 0.112. The predicted octanol–water partition coefficient (Wildman–Crippen LogP) is 5.24.